The van der Waals surface area contributed by atoms with Gasteiger partial charge in [-0.25, -0.2) is 9.59 Å². The molecule has 1 rings (SSSR count). The summed E-state index contributed by atoms with van der Waals surface area (Å²) >= 11 is 11.1. The van der Waals surface area contributed by atoms with Crippen LogP contribution in [0.2, 0.25) is 10.0 Å². The third kappa shape index (κ3) is 1.97. The fourth-order valence-electron chi connectivity index (χ4n) is 0.900. The highest BCUT2D eigenvalue weighted by atomic mass is 35.5. The van der Waals surface area contributed by atoms with E-state index in [1.165, 1.54) is 0 Å². The van der Waals surface area contributed by atoms with Gasteiger partial charge in [0.1, 0.15) is 0 Å². The van der Waals surface area contributed by atoms with Crippen molar-refractivity contribution in [2.24, 2.45) is 0 Å². The third-order valence-corrected chi connectivity index (χ3v) is 2.12. The molecule has 14 heavy (non-hydrogen) atoms. The highest BCUT2D eigenvalue weighted by molar-refractivity contribution is 6.38. The van der Waals surface area contributed by atoms with Gasteiger partial charge in [-0.2, -0.15) is 0 Å². The topological polar surface area (TPSA) is 74.6 Å². The Morgan fingerprint density at radius 2 is 1.36 bits per heavy atom. The normalized spacial score (nSPS) is 9.86. The molecule has 0 amide bonds. The van der Waals surface area contributed by atoms with Crippen LogP contribution in [0.15, 0.2) is 12.1 Å². The second-order valence-electron chi connectivity index (χ2n) is 2.43. The molecule has 0 aliphatic rings. The van der Waals surface area contributed by atoms with Crippen molar-refractivity contribution in [1.29, 1.82) is 0 Å². The lowest BCUT2D eigenvalue weighted by molar-refractivity contribution is 0.0696. The highest BCUT2D eigenvalue weighted by Gasteiger charge is 2.17. The fraction of sp³-hybridized carbons (Fsp3) is 0. The van der Waals surface area contributed by atoms with E-state index in [4.69, 9.17) is 33.4 Å². The molecule has 0 heterocycles. The standard InChI is InChI=1S/C8H4Cl2O4/c9-3-1-4(7(11)12)6(10)5(2-3)8(13)14/h1-2H,(H,11,12)(H,13,14). The molecule has 6 heteroatoms. The lowest BCUT2D eigenvalue weighted by Crippen LogP contribution is -2.04. The number of carboxylic acid groups (broad SMARTS) is 2. The second kappa shape index (κ2) is 3.86. The summed E-state index contributed by atoms with van der Waals surface area (Å²) in [5.41, 5.74) is -0.645. The number of benzene rings is 1. The van der Waals surface area contributed by atoms with Gasteiger partial charge in [0, 0.05) is 5.02 Å². The maximum absolute atomic E-state index is 10.6. The van der Waals surface area contributed by atoms with E-state index >= 15 is 0 Å². The molecule has 0 atom stereocenters. The average molecular weight is 235 g/mol. The number of hydrogen-bond acceptors (Lipinski definition) is 2. The number of carbonyl (C=O) groups is 2. The molecule has 1 aromatic carbocycles. The first-order valence-corrected chi connectivity index (χ1v) is 4.14. The summed E-state index contributed by atoms with van der Waals surface area (Å²) in [5.74, 6) is -2.64. The summed E-state index contributed by atoms with van der Waals surface area (Å²) in [6.45, 7) is 0. The van der Waals surface area contributed by atoms with Crippen molar-refractivity contribution in [2.75, 3.05) is 0 Å². The third-order valence-electron chi connectivity index (χ3n) is 1.50. The van der Waals surface area contributed by atoms with E-state index in [1.54, 1.807) is 0 Å². The van der Waals surface area contributed by atoms with E-state index in [0.717, 1.165) is 12.1 Å². The van der Waals surface area contributed by atoms with E-state index in [2.05, 4.69) is 0 Å². The molecule has 1 aromatic rings. The van der Waals surface area contributed by atoms with E-state index in [-0.39, 0.29) is 21.2 Å². The highest BCUT2D eigenvalue weighted by Crippen LogP contribution is 2.25. The van der Waals surface area contributed by atoms with Crippen LogP contribution in [0.25, 0.3) is 0 Å². The Morgan fingerprint density at radius 3 is 1.64 bits per heavy atom. The van der Waals surface area contributed by atoms with Crippen molar-refractivity contribution in [3.05, 3.63) is 33.3 Å². The molecular weight excluding hydrogens is 231 g/mol. The van der Waals surface area contributed by atoms with Crippen molar-refractivity contribution in [2.45, 2.75) is 0 Å². The van der Waals surface area contributed by atoms with Crippen molar-refractivity contribution in [3.63, 3.8) is 0 Å². The maximum Gasteiger partial charge on any atom is 0.337 e. The van der Waals surface area contributed by atoms with E-state index in [0.29, 0.717) is 0 Å². The molecular formula is C8H4Cl2O4. The van der Waals surface area contributed by atoms with Gasteiger partial charge < -0.3 is 10.2 Å². The molecule has 0 spiro atoms. The summed E-state index contributed by atoms with van der Waals surface area (Å²) in [5, 5.41) is 17.0. The van der Waals surface area contributed by atoms with Gasteiger partial charge in [-0.15, -0.1) is 0 Å². The minimum absolute atomic E-state index is 0.0178. The molecule has 4 nitrogen and oxygen atoms in total. The summed E-state index contributed by atoms with van der Waals surface area (Å²) in [4.78, 5) is 21.2. The Morgan fingerprint density at radius 1 is 1.00 bits per heavy atom. The fourth-order valence-corrected chi connectivity index (χ4v) is 1.39. The lowest BCUT2D eigenvalue weighted by Gasteiger charge is -2.03. The average Bonchev–Trinajstić information content (AvgIpc) is 2.07. The van der Waals surface area contributed by atoms with Crippen LogP contribution in [0, 0.1) is 0 Å². The Bertz CT molecular complexity index is 379. The number of hydrogen-bond donors (Lipinski definition) is 2. The predicted octanol–water partition coefficient (Wildman–Crippen LogP) is 2.39. The lowest BCUT2D eigenvalue weighted by atomic mass is 10.1. The van der Waals surface area contributed by atoms with Crippen LogP contribution in [0.5, 0.6) is 0 Å². The molecule has 0 aliphatic carbocycles. The van der Waals surface area contributed by atoms with Gasteiger partial charge in [-0.3, -0.25) is 0 Å². The second-order valence-corrected chi connectivity index (χ2v) is 3.24. The molecule has 0 aromatic heterocycles. The number of rotatable bonds is 2. The van der Waals surface area contributed by atoms with Crippen LogP contribution in [-0.4, -0.2) is 22.2 Å². The first-order valence-electron chi connectivity index (χ1n) is 3.39. The summed E-state index contributed by atoms with van der Waals surface area (Å²) in [6.07, 6.45) is 0. The Balaban J connectivity index is 3.47. The molecule has 0 fully saturated rings. The van der Waals surface area contributed by atoms with Gasteiger partial charge in [-0.1, -0.05) is 23.2 Å². The zero-order valence-corrected chi connectivity index (χ0v) is 8.13. The smallest absolute Gasteiger partial charge is 0.337 e. The zero-order chi connectivity index (χ0) is 10.9. The van der Waals surface area contributed by atoms with Gasteiger partial charge in [0.2, 0.25) is 0 Å². The molecule has 0 saturated heterocycles. The predicted molar refractivity (Wildman–Crippen MR) is 50.4 cm³/mol. The first-order chi connectivity index (χ1) is 6.43. The Kier molecular flexibility index (Phi) is 2.98. The molecule has 74 valence electrons. The number of aromatic carboxylic acids is 2. The van der Waals surface area contributed by atoms with Crippen molar-refractivity contribution < 1.29 is 19.8 Å². The summed E-state index contributed by atoms with van der Waals surface area (Å²) in [6, 6.07) is 2.19. The minimum atomic E-state index is -1.32. The number of halogens is 2. The molecule has 0 bridgehead atoms. The van der Waals surface area contributed by atoms with Crippen LogP contribution in [-0.2, 0) is 0 Å². The van der Waals surface area contributed by atoms with Crippen LogP contribution in [0.4, 0.5) is 0 Å². The Labute approximate surface area is 88.7 Å². The number of carboxylic acids is 2. The van der Waals surface area contributed by atoms with Crippen molar-refractivity contribution in [1.82, 2.24) is 0 Å². The van der Waals surface area contributed by atoms with Crippen LogP contribution in [0.3, 0.4) is 0 Å². The van der Waals surface area contributed by atoms with Gasteiger partial charge in [-0.05, 0) is 12.1 Å². The molecule has 0 saturated carbocycles. The van der Waals surface area contributed by atoms with E-state index in [9.17, 15) is 9.59 Å². The molecule has 0 unspecified atom stereocenters. The van der Waals surface area contributed by atoms with E-state index < -0.39 is 11.9 Å². The monoisotopic (exact) mass is 234 g/mol. The largest absolute Gasteiger partial charge is 0.478 e. The molecule has 0 aliphatic heterocycles. The Hall–Kier alpha value is -1.26. The zero-order valence-electron chi connectivity index (χ0n) is 6.62. The van der Waals surface area contributed by atoms with Gasteiger partial charge in [0.25, 0.3) is 0 Å². The van der Waals surface area contributed by atoms with Gasteiger partial charge >= 0.3 is 11.9 Å². The maximum atomic E-state index is 10.6. The van der Waals surface area contributed by atoms with Crippen LogP contribution < -0.4 is 0 Å². The van der Waals surface area contributed by atoms with Crippen LogP contribution >= 0.6 is 23.2 Å². The van der Waals surface area contributed by atoms with Gasteiger partial charge in [0.05, 0.1) is 16.1 Å². The minimum Gasteiger partial charge on any atom is -0.478 e. The summed E-state index contributed by atoms with van der Waals surface area (Å²) < 4.78 is 0. The summed E-state index contributed by atoms with van der Waals surface area (Å²) in [7, 11) is 0. The van der Waals surface area contributed by atoms with Crippen molar-refractivity contribution >= 4 is 35.1 Å². The van der Waals surface area contributed by atoms with E-state index in [1.807, 2.05) is 0 Å². The molecule has 0 radical (unpaired) electrons. The molecule has 2 N–H and O–H groups in total. The first kappa shape index (κ1) is 10.8. The van der Waals surface area contributed by atoms with Crippen molar-refractivity contribution in [3.8, 4) is 0 Å². The van der Waals surface area contributed by atoms with Crippen LogP contribution in [0.1, 0.15) is 20.7 Å². The SMILES string of the molecule is O=C(O)c1cc(Cl)cc(C(=O)O)c1Cl. The quantitative estimate of drug-likeness (QED) is 0.825. The van der Waals surface area contributed by atoms with Gasteiger partial charge in [0.15, 0.2) is 0 Å².